The van der Waals surface area contributed by atoms with E-state index in [4.69, 9.17) is 4.74 Å². The van der Waals surface area contributed by atoms with Crippen molar-refractivity contribution in [3.8, 4) is 0 Å². The number of hydrogen-bond donors (Lipinski definition) is 2. The lowest BCUT2D eigenvalue weighted by Crippen LogP contribution is -2.37. The molecule has 0 aliphatic carbocycles. The van der Waals surface area contributed by atoms with Crippen LogP contribution in [0.1, 0.15) is 26.3 Å². The summed E-state index contributed by atoms with van der Waals surface area (Å²) in [6.45, 7) is 4.98. The van der Waals surface area contributed by atoms with Gasteiger partial charge >= 0.3 is 12.1 Å². The van der Waals surface area contributed by atoms with Crippen molar-refractivity contribution in [2.24, 2.45) is 5.92 Å². The Labute approximate surface area is 137 Å². The van der Waals surface area contributed by atoms with E-state index in [1.54, 1.807) is 26.8 Å². The predicted octanol–water partition coefficient (Wildman–Crippen LogP) is 3.36. The van der Waals surface area contributed by atoms with E-state index in [-0.39, 0.29) is 18.5 Å². The van der Waals surface area contributed by atoms with Crippen molar-refractivity contribution in [2.45, 2.75) is 32.8 Å². The lowest BCUT2D eigenvalue weighted by molar-refractivity contribution is -0.141. The molecule has 7 heteroatoms. The predicted molar refractivity (Wildman–Crippen MR) is 83.2 cm³/mol. The summed E-state index contributed by atoms with van der Waals surface area (Å²) in [5.41, 5.74) is -0.387. The largest absolute Gasteiger partial charge is 0.481 e. The van der Waals surface area contributed by atoms with Crippen LogP contribution in [0, 0.1) is 11.7 Å². The van der Waals surface area contributed by atoms with Gasteiger partial charge in [-0.1, -0.05) is 22.0 Å². The third kappa shape index (κ3) is 6.43. The smallest absolute Gasteiger partial charge is 0.407 e. The fourth-order valence-electron chi connectivity index (χ4n) is 1.72. The van der Waals surface area contributed by atoms with Gasteiger partial charge in [-0.25, -0.2) is 9.18 Å². The van der Waals surface area contributed by atoms with Crippen molar-refractivity contribution in [2.75, 3.05) is 6.54 Å². The number of benzene rings is 1. The highest BCUT2D eigenvalue weighted by molar-refractivity contribution is 9.10. The molecule has 0 fully saturated rings. The SMILES string of the molecule is CC(C)(C)OC(=O)NCC(Cc1ccc(Br)cc1F)C(=O)O. The van der Waals surface area contributed by atoms with Gasteiger partial charge in [0.2, 0.25) is 0 Å². The third-order valence-corrected chi connectivity index (χ3v) is 3.22. The number of halogens is 2. The zero-order valence-electron chi connectivity index (χ0n) is 12.7. The summed E-state index contributed by atoms with van der Waals surface area (Å²) in [4.78, 5) is 22.8. The van der Waals surface area contributed by atoms with Crippen LogP contribution in [0.15, 0.2) is 22.7 Å². The number of ether oxygens (including phenoxy) is 1. The first-order valence-electron chi connectivity index (χ1n) is 6.72. The second-order valence-electron chi connectivity index (χ2n) is 5.86. The minimum atomic E-state index is -1.11. The summed E-state index contributed by atoms with van der Waals surface area (Å²) in [5, 5.41) is 11.6. The Hall–Kier alpha value is -1.63. The number of carboxylic acids is 1. The summed E-state index contributed by atoms with van der Waals surface area (Å²) in [6.07, 6.45) is -0.723. The summed E-state index contributed by atoms with van der Waals surface area (Å²) in [6, 6.07) is 4.43. The first-order chi connectivity index (χ1) is 10.1. The Morgan fingerprint density at radius 1 is 1.41 bits per heavy atom. The minimum Gasteiger partial charge on any atom is -0.481 e. The summed E-state index contributed by atoms with van der Waals surface area (Å²) in [7, 11) is 0. The third-order valence-electron chi connectivity index (χ3n) is 2.72. The Bertz CT molecular complexity index is 557. The van der Waals surface area contributed by atoms with Gasteiger partial charge in [0.25, 0.3) is 0 Å². The molecule has 0 spiro atoms. The summed E-state index contributed by atoms with van der Waals surface area (Å²) in [5.74, 6) is -2.54. The van der Waals surface area contributed by atoms with Gasteiger partial charge < -0.3 is 15.2 Å². The van der Waals surface area contributed by atoms with Crippen molar-refractivity contribution >= 4 is 28.0 Å². The molecular formula is C15H19BrFNO4. The van der Waals surface area contributed by atoms with E-state index in [2.05, 4.69) is 21.2 Å². The highest BCUT2D eigenvalue weighted by Crippen LogP contribution is 2.18. The number of nitrogens with one attached hydrogen (secondary N) is 1. The van der Waals surface area contributed by atoms with Crippen molar-refractivity contribution in [3.63, 3.8) is 0 Å². The molecule has 1 atom stereocenters. The van der Waals surface area contributed by atoms with Crippen LogP contribution in [0.3, 0.4) is 0 Å². The zero-order chi connectivity index (χ0) is 16.9. The Balaban J connectivity index is 2.67. The van der Waals surface area contributed by atoms with Crippen LogP contribution < -0.4 is 5.32 Å². The number of carbonyl (C=O) groups excluding carboxylic acids is 1. The molecule has 0 bridgehead atoms. The van der Waals surface area contributed by atoms with Gasteiger partial charge in [-0.15, -0.1) is 0 Å². The normalized spacial score (nSPS) is 12.6. The van der Waals surface area contributed by atoms with Crippen LogP contribution in [-0.4, -0.2) is 29.3 Å². The average Bonchev–Trinajstić information content (AvgIpc) is 2.34. The van der Waals surface area contributed by atoms with E-state index in [0.717, 1.165) is 0 Å². The van der Waals surface area contributed by atoms with Gasteiger partial charge in [0.15, 0.2) is 0 Å². The summed E-state index contributed by atoms with van der Waals surface area (Å²) < 4.78 is 19.4. The minimum absolute atomic E-state index is 0.0236. The van der Waals surface area contributed by atoms with E-state index in [1.807, 2.05) is 0 Å². The molecule has 122 valence electrons. The second-order valence-corrected chi connectivity index (χ2v) is 6.77. The van der Waals surface area contributed by atoms with Crippen molar-refractivity contribution in [1.29, 1.82) is 0 Å². The number of alkyl carbamates (subject to hydrolysis) is 1. The maximum atomic E-state index is 13.8. The molecule has 1 aromatic rings. The molecule has 0 radical (unpaired) electrons. The fraction of sp³-hybridized carbons (Fsp3) is 0.467. The standard InChI is InChI=1S/C15H19BrFNO4/c1-15(2,3)22-14(21)18-8-10(13(19)20)6-9-4-5-11(16)7-12(9)17/h4-5,7,10H,6,8H2,1-3H3,(H,18,21)(H,19,20). The average molecular weight is 376 g/mol. The molecule has 1 rings (SSSR count). The van der Waals surface area contributed by atoms with Gasteiger partial charge in [-0.05, 0) is 44.9 Å². The number of carboxylic acid groups (broad SMARTS) is 1. The molecule has 0 saturated heterocycles. The monoisotopic (exact) mass is 375 g/mol. The van der Waals surface area contributed by atoms with E-state index < -0.39 is 29.4 Å². The van der Waals surface area contributed by atoms with Gasteiger partial charge in [0.1, 0.15) is 11.4 Å². The maximum Gasteiger partial charge on any atom is 0.407 e. The van der Waals surface area contributed by atoms with E-state index in [9.17, 15) is 19.1 Å². The Morgan fingerprint density at radius 2 is 2.05 bits per heavy atom. The quantitative estimate of drug-likeness (QED) is 0.827. The molecule has 1 aromatic carbocycles. The number of rotatable bonds is 5. The van der Waals surface area contributed by atoms with Gasteiger partial charge in [-0.3, -0.25) is 4.79 Å². The summed E-state index contributed by atoms with van der Waals surface area (Å²) >= 11 is 3.14. The molecule has 0 saturated carbocycles. The number of hydrogen-bond acceptors (Lipinski definition) is 3. The van der Waals surface area contributed by atoms with Crippen molar-refractivity contribution < 1.29 is 23.8 Å². The Kier molecular flexibility index (Phi) is 6.34. The molecule has 0 aliphatic rings. The molecule has 2 N–H and O–H groups in total. The first kappa shape index (κ1) is 18.4. The number of aliphatic carboxylic acids is 1. The number of amides is 1. The highest BCUT2D eigenvalue weighted by atomic mass is 79.9. The number of carbonyl (C=O) groups is 2. The van der Waals surface area contributed by atoms with Crippen LogP contribution in [0.4, 0.5) is 9.18 Å². The zero-order valence-corrected chi connectivity index (χ0v) is 14.2. The van der Waals surface area contributed by atoms with E-state index >= 15 is 0 Å². The molecular weight excluding hydrogens is 357 g/mol. The molecule has 1 amide bonds. The molecule has 22 heavy (non-hydrogen) atoms. The van der Waals surface area contributed by atoms with Crippen molar-refractivity contribution in [1.82, 2.24) is 5.32 Å². The van der Waals surface area contributed by atoms with Crippen LogP contribution in [0.25, 0.3) is 0 Å². The highest BCUT2D eigenvalue weighted by Gasteiger charge is 2.22. The first-order valence-corrected chi connectivity index (χ1v) is 7.51. The molecule has 0 aromatic heterocycles. The van der Waals surface area contributed by atoms with E-state index in [0.29, 0.717) is 4.47 Å². The van der Waals surface area contributed by atoms with Crippen LogP contribution in [0.5, 0.6) is 0 Å². The van der Waals surface area contributed by atoms with Gasteiger partial charge in [0, 0.05) is 11.0 Å². The van der Waals surface area contributed by atoms with Gasteiger partial charge in [0.05, 0.1) is 5.92 Å². The van der Waals surface area contributed by atoms with E-state index in [1.165, 1.54) is 12.1 Å². The lowest BCUT2D eigenvalue weighted by atomic mass is 9.99. The van der Waals surface area contributed by atoms with Crippen molar-refractivity contribution in [3.05, 3.63) is 34.1 Å². The Morgan fingerprint density at radius 3 is 2.55 bits per heavy atom. The lowest BCUT2D eigenvalue weighted by Gasteiger charge is -2.21. The maximum absolute atomic E-state index is 13.8. The van der Waals surface area contributed by atoms with Gasteiger partial charge in [-0.2, -0.15) is 0 Å². The fourth-order valence-corrected chi connectivity index (χ4v) is 2.05. The van der Waals surface area contributed by atoms with Crippen LogP contribution in [-0.2, 0) is 16.0 Å². The molecule has 0 heterocycles. The molecule has 5 nitrogen and oxygen atoms in total. The topological polar surface area (TPSA) is 75.6 Å². The van der Waals surface area contributed by atoms with Crippen LogP contribution >= 0.6 is 15.9 Å². The molecule has 1 unspecified atom stereocenters. The second kappa shape index (κ2) is 7.58. The van der Waals surface area contributed by atoms with Crippen LogP contribution in [0.2, 0.25) is 0 Å². The molecule has 0 aliphatic heterocycles.